The standard InChI is InChI=1S/C12H12F3NO2/c1-3-18-11(17)16-10(12(13,14)15)9-6-4-8(2)5-7-9/h4-7H,3H2,1-2H3. The van der Waals surface area contributed by atoms with Crippen LogP contribution in [-0.4, -0.2) is 24.6 Å². The van der Waals surface area contributed by atoms with Crippen molar-refractivity contribution in [1.29, 1.82) is 0 Å². The van der Waals surface area contributed by atoms with Crippen LogP contribution in [0.3, 0.4) is 0 Å². The number of aliphatic imine (C=N–C) groups is 1. The molecule has 1 aromatic carbocycles. The van der Waals surface area contributed by atoms with Crippen LogP contribution in [0.1, 0.15) is 18.1 Å². The number of hydrogen-bond donors (Lipinski definition) is 0. The fraction of sp³-hybridized carbons (Fsp3) is 0.333. The smallest absolute Gasteiger partial charge is 0.434 e. The quantitative estimate of drug-likeness (QED) is 0.762. The lowest BCUT2D eigenvalue weighted by molar-refractivity contribution is -0.0582. The summed E-state index contributed by atoms with van der Waals surface area (Å²) in [5, 5.41) is 0. The predicted molar refractivity (Wildman–Crippen MR) is 60.8 cm³/mol. The summed E-state index contributed by atoms with van der Waals surface area (Å²) < 4.78 is 42.7. The van der Waals surface area contributed by atoms with Crippen molar-refractivity contribution in [2.45, 2.75) is 20.0 Å². The number of nitrogens with zero attached hydrogens (tertiary/aromatic N) is 1. The van der Waals surface area contributed by atoms with E-state index in [0.717, 1.165) is 5.56 Å². The molecule has 6 heteroatoms. The monoisotopic (exact) mass is 259 g/mol. The molecule has 18 heavy (non-hydrogen) atoms. The van der Waals surface area contributed by atoms with Gasteiger partial charge < -0.3 is 4.74 Å². The molecule has 0 saturated carbocycles. The lowest BCUT2D eigenvalue weighted by atomic mass is 10.1. The van der Waals surface area contributed by atoms with E-state index in [1.54, 1.807) is 6.92 Å². The van der Waals surface area contributed by atoms with Crippen LogP contribution in [0.25, 0.3) is 0 Å². The third kappa shape index (κ3) is 3.87. The fourth-order valence-electron chi connectivity index (χ4n) is 1.25. The minimum absolute atomic E-state index is 0.0264. The molecule has 0 aliphatic rings. The van der Waals surface area contributed by atoms with Gasteiger partial charge >= 0.3 is 12.3 Å². The predicted octanol–water partition coefficient (Wildman–Crippen LogP) is 3.50. The minimum Gasteiger partial charge on any atom is -0.448 e. The first kappa shape index (κ1) is 14.2. The zero-order valence-electron chi connectivity index (χ0n) is 9.91. The number of rotatable bonds is 2. The molecule has 0 bridgehead atoms. The molecule has 1 amide bonds. The number of amides is 1. The number of benzene rings is 1. The molecule has 0 radical (unpaired) electrons. The second-order valence-corrected chi connectivity index (χ2v) is 3.52. The van der Waals surface area contributed by atoms with Gasteiger partial charge in [0.2, 0.25) is 0 Å². The molecule has 3 nitrogen and oxygen atoms in total. The van der Waals surface area contributed by atoms with Crippen molar-refractivity contribution in [3.63, 3.8) is 0 Å². The van der Waals surface area contributed by atoms with Crippen LogP contribution in [0.2, 0.25) is 0 Å². The third-order valence-corrected chi connectivity index (χ3v) is 2.06. The fourth-order valence-corrected chi connectivity index (χ4v) is 1.25. The summed E-state index contributed by atoms with van der Waals surface area (Å²) >= 11 is 0. The largest absolute Gasteiger partial charge is 0.448 e. The molecule has 1 rings (SSSR count). The molecule has 98 valence electrons. The van der Waals surface area contributed by atoms with Crippen LogP contribution >= 0.6 is 0 Å². The highest BCUT2D eigenvalue weighted by Crippen LogP contribution is 2.23. The van der Waals surface area contributed by atoms with Crippen molar-refractivity contribution >= 4 is 11.8 Å². The van der Waals surface area contributed by atoms with Gasteiger partial charge in [-0.3, -0.25) is 0 Å². The summed E-state index contributed by atoms with van der Waals surface area (Å²) in [7, 11) is 0. The molecule has 0 heterocycles. The molecule has 0 unspecified atom stereocenters. The average Bonchev–Trinajstić information content (AvgIpc) is 2.26. The maximum Gasteiger partial charge on any atom is 0.434 e. The molecule has 0 saturated heterocycles. The van der Waals surface area contributed by atoms with Crippen molar-refractivity contribution in [2.24, 2.45) is 4.99 Å². The second-order valence-electron chi connectivity index (χ2n) is 3.52. The van der Waals surface area contributed by atoms with E-state index >= 15 is 0 Å². The normalized spacial score (nSPS) is 12.4. The van der Waals surface area contributed by atoms with Gasteiger partial charge in [0.15, 0.2) is 5.71 Å². The number of halogens is 3. The summed E-state index contributed by atoms with van der Waals surface area (Å²) in [5.74, 6) is 0. The van der Waals surface area contributed by atoms with Crippen molar-refractivity contribution < 1.29 is 22.7 Å². The minimum atomic E-state index is -4.71. The molecule has 0 aromatic heterocycles. The Labute approximate surface area is 102 Å². The Morgan fingerprint density at radius 2 is 1.83 bits per heavy atom. The van der Waals surface area contributed by atoms with Crippen molar-refractivity contribution in [3.05, 3.63) is 35.4 Å². The van der Waals surface area contributed by atoms with Gasteiger partial charge in [-0.15, -0.1) is 0 Å². The van der Waals surface area contributed by atoms with E-state index < -0.39 is 18.0 Å². The van der Waals surface area contributed by atoms with Crippen LogP contribution < -0.4 is 0 Å². The Morgan fingerprint density at radius 1 is 1.28 bits per heavy atom. The van der Waals surface area contributed by atoms with E-state index in [2.05, 4.69) is 9.73 Å². The van der Waals surface area contributed by atoms with Gasteiger partial charge in [0, 0.05) is 5.56 Å². The average molecular weight is 259 g/mol. The number of alkyl halides is 3. The molecule has 0 atom stereocenters. The second kappa shape index (κ2) is 5.66. The highest BCUT2D eigenvalue weighted by Gasteiger charge is 2.37. The molecule has 0 aliphatic heterocycles. The van der Waals surface area contributed by atoms with E-state index in [1.807, 2.05) is 0 Å². The van der Waals surface area contributed by atoms with Crippen LogP contribution in [0.15, 0.2) is 29.3 Å². The van der Waals surface area contributed by atoms with Gasteiger partial charge in [-0.25, -0.2) is 4.79 Å². The number of hydrogen-bond acceptors (Lipinski definition) is 2. The van der Waals surface area contributed by atoms with E-state index in [-0.39, 0.29) is 12.2 Å². The van der Waals surface area contributed by atoms with Gasteiger partial charge in [0.05, 0.1) is 6.61 Å². The summed E-state index contributed by atoms with van der Waals surface area (Å²) in [6.45, 7) is 3.22. The Kier molecular flexibility index (Phi) is 4.47. The maximum absolute atomic E-state index is 12.8. The van der Waals surface area contributed by atoms with E-state index in [4.69, 9.17) is 0 Å². The molecule has 1 aromatic rings. The van der Waals surface area contributed by atoms with Crippen LogP contribution in [0, 0.1) is 6.92 Å². The zero-order chi connectivity index (χ0) is 13.8. The number of carbonyl (C=O) groups is 1. The van der Waals surface area contributed by atoms with Gasteiger partial charge in [-0.2, -0.15) is 18.2 Å². The summed E-state index contributed by atoms with van der Waals surface area (Å²) in [4.78, 5) is 14.0. The summed E-state index contributed by atoms with van der Waals surface area (Å²) in [6.07, 6.45) is -5.95. The first-order valence-corrected chi connectivity index (χ1v) is 5.24. The van der Waals surface area contributed by atoms with Gasteiger partial charge in [-0.1, -0.05) is 29.8 Å². The molecule has 0 fully saturated rings. The van der Waals surface area contributed by atoms with Crippen molar-refractivity contribution in [1.82, 2.24) is 0 Å². The van der Waals surface area contributed by atoms with E-state index in [9.17, 15) is 18.0 Å². The van der Waals surface area contributed by atoms with Gasteiger partial charge in [-0.05, 0) is 13.8 Å². The molecular weight excluding hydrogens is 247 g/mol. The van der Waals surface area contributed by atoms with Crippen molar-refractivity contribution in [2.75, 3.05) is 6.61 Å². The number of ether oxygens (including phenoxy) is 1. The number of aryl methyl sites for hydroxylation is 1. The Bertz CT molecular complexity index is 449. The van der Waals surface area contributed by atoms with Crippen LogP contribution in [0.4, 0.5) is 18.0 Å². The highest BCUT2D eigenvalue weighted by molar-refractivity contribution is 6.08. The Morgan fingerprint density at radius 3 is 2.28 bits per heavy atom. The van der Waals surface area contributed by atoms with Crippen LogP contribution in [0.5, 0.6) is 0 Å². The van der Waals surface area contributed by atoms with E-state index in [1.165, 1.54) is 31.2 Å². The van der Waals surface area contributed by atoms with Crippen LogP contribution in [-0.2, 0) is 4.74 Å². The van der Waals surface area contributed by atoms with Gasteiger partial charge in [0.25, 0.3) is 0 Å². The molecule has 0 N–H and O–H groups in total. The summed E-state index contributed by atoms with van der Waals surface area (Å²) in [6, 6.07) is 5.56. The Balaban J connectivity index is 3.14. The molecule has 0 spiro atoms. The maximum atomic E-state index is 12.8. The molecule has 0 aliphatic carbocycles. The van der Waals surface area contributed by atoms with Gasteiger partial charge in [0.1, 0.15) is 0 Å². The van der Waals surface area contributed by atoms with E-state index in [0.29, 0.717) is 0 Å². The third-order valence-electron chi connectivity index (χ3n) is 2.06. The highest BCUT2D eigenvalue weighted by atomic mass is 19.4. The first-order chi connectivity index (χ1) is 8.34. The summed E-state index contributed by atoms with van der Waals surface area (Å²) in [5.41, 5.74) is -0.599. The number of carbonyl (C=O) groups excluding carboxylic acids is 1. The van der Waals surface area contributed by atoms with Crippen molar-refractivity contribution in [3.8, 4) is 0 Å². The lowest BCUT2D eigenvalue weighted by Crippen LogP contribution is -2.25. The topological polar surface area (TPSA) is 38.7 Å². The lowest BCUT2D eigenvalue weighted by Gasteiger charge is -2.10. The SMILES string of the molecule is CCOC(=O)N=C(c1ccc(C)cc1)C(F)(F)F. The zero-order valence-corrected chi connectivity index (χ0v) is 9.91. The Hall–Kier alpha value is -1.85. The molecular formula is C12H12F3NO2. The first-order valence-electron chi connectivity index (χ1n) is 5.24.